The minimum absolute atomic E-state index is 0.426. The van der Waals surface area contributed by atoms with Crippen molar-refractivity contribution in [1.82, 2.24) is 9.97 Å². The van der Waals surface area contributed by atoms with Crippen LogP contribution < -0.4 is 4.74 Å². The SMILES string of the molecule is CSOCc1cnc(Oc2ccc(Cl)cc2)cn1. The zero-order valence-corrected chi connectivity index (χ0v) is 11.2. The smallest absolute Gasteiger partial charge is 0.237 e. The van der Waals surface area contributed by atoms with Crippen molar-refractivity contribution >= 4 is 23.6 Å². The molecule has 0 fully saturated rings. The molecule has 6 heteroatoms. The minimum atomic E-state index is 0.426. The summed E-state index contributed by atoms with van der Waals surface area (Å²) in [5, 5.41) is 0.665. The average Bonchev–Trinajstić information content (AvgIpc) is 2.41. The number of ether oxygens (including phenoxy) is 1. The van der Waals surface area contributed by atoms with Gasteiger partial charge in [-0.15, -0.1) is 0 Å². The largest absolute Gasteiger partial charge is 0.438 e. The van der Waals surface area contributed by atoms with Gasteiger partial charge in [-0.25, -0.2) is 4.98 Å². The molecule has 0 bridgehead atoms. The van der Waals surface area contributed by atoms with Crippen LogP contribution in [0.3, 0.4) is 0 Å². The molecule has 0 N–H and O–H groups in total. The lowest BCUT2D eigenvalue weighted by molar-refractivity contribution is 0.357. The lowest BCUT2D eigenvalue weighted by Crippen LogP contribution is -1.94. The molecule has 4 nitrogen and oxygen atoms in total. The molecule has 1 aromatic carbocycles. The third-order valence-electron chi connectivity index (χ3n) is 2.04. The Morgan fingerprint density at radius 3 is 2.56 bits per heavy atom. The van der Waals surface area contributed by atoms with Crippen LogP contribution in [-0.4, -0.2) is 16.2 Å². The van der Waals surface area contributed by atoms with Gasteiger partial charge in [0.05, 0.1) is 18.1 Å². The highest BCUT2D eigenvalue weighted by Crippen LogP contribution is 2.20. The molecule has 0 radical (unpaired) electrons. The quantitative estimate of drug-likeness (QED) is 0.782. The van der Waals surface area contributed by atoms with Crippen molar-refractivity contribution < 1.29 is 8.92 Å². The summed E-state index contributed by atoms with van der Waals surface area (Å²) in [7, 11) is 0. The molecule has 1 aromatic heterocycles. The second-order valence-electron chi connectivity index (χ2n) is 3.33. The first-order valence-corrected chi connectivity index (χ1v) is 6.70. The molecular weight excluding hydrogens is 272 g/mol. The van der Waals surface area contributed by atoms with Gasteiger partial charge in [-0.3, -0.25) is 4.98 Å². The summed E-state index contributed by atoms with van der Waals surface area (Å²) in [6, 6.07) is 7.06. The molecule has 94 valence electrons. The van der Waals surface area contributed by atoms with Crippen LogP contribution in [0.2, 0.25) is 5.02 Å². The number of aromatic nitrogens is 2. The van der Waals surface area contributed by atoms with Crippen molar-refractivity contribution in [3.8, 4) is 11.6 Å². The van der Waals surface area contributed by atoms with E-state index in [1.54, 1.807) is 36.7 Å². The topological polar surface area (TPSA) is 44.2 Å². The lowest BCUT2D eigenvalue weighted by Gasteiger charge is -2.05. The Kier molecular flexibility index (Phi) is 4.81. The van der Waals surface area contributed by atoms with Crippen molar-refractivity contribution in [2.45, 2.75) is 6.61 Å². The van der Waals surface area contributed by atoms with E-state index in [1.807, 2.05) is 6.26 Å². The van der Waals surface area contributed by atoms with Crippen molar-refractivity contribution in [1.29, 1.82) is 0 Å². The van der Waals surface area contributed by atoms with Gasteiger partial charge in [0.25, 0.3) is 0 Å². The molecule has 2 aromatic rings. The highest BCUT2D eigenvalue weighted by Gasteiger charge is 2.01. The fourth-order valence-electron chi connectivity index (χ4n) is 1.21. The fourth-order valence-corrected chi connectivity index (χ4v) is 1.58. The summed E-state index contributed by atoms with van der Waals surface area (Å²) in [4.78, 5) is 8.32. The normalized spacial score (nSPS) is 10.3. The predicted octanol–water partition coefficient (Wildman–Crippen LogP) is 3.72. The Morgan fingerprint density at radius 1 is 1.17 bits per heavy atom. The Labute approximate surface area is 115 Å². The van der Waals surface area contributed by atoms with Gasteiger partial charge in [-0.2, -0.15) is 0 Å². The van der Waals surface area contributed by atoms with Crippen LogP contribution in [0, 0.1) is 0 Å². The van der Waals surface area contributed by atoms with Gasteiger partial charge in [0.2, 0.25) is 5.88 Å². The van der Waals surface area contributed by atoms with Crippen LogP contribution in [0.1, 0.15) is 5.69 Å². The van der Waals surface area contributed by atoms with Crippen LogP contribution >= 0.6 is 23.6 Å². The lowest BCUT2D eigenvalue weighted by atomic mass is 10.3. The van der Waals surface area contributed by atoms with Gasteiger partial charge in [0.1, 0.15) is 12.4 Å². The van der Waals surface area contributed by atoms with Crippen molar-refractivity contribution in [2.75, 3.05) is 6.26 Å². The molecule has 0 amide bonds. The van der Waals surface area contributed by atoms with Crippen LogP contribution in [0.15, 0.2) is 36.7 Å². The highest BCUT2D eigenvalue weighted by molar-refractivity contribution is 7.93. The number of rotatable bonds is 5. The molecule has 0 aliphatic carbocycles. The summed E-state index contributed by atoms with van der Waals surface area (Å²) >= 11 is 7.08. The molecule has 0 aliphatic heterocycles. The molecule has 0 saturated heterocycles. The van der Waals surface area contributed by atoms with Gasteiger partial charge < -0.3 is 8.92 Å². The predicted molar refractivity (Wildman–Crippen MR) is 71.9 cm³/mol. The highest BCUT2D eigenvalue weighted by atomic mass is 35.5. The molecule has 18 heavy (non-hydrogen) atoms. The number of hydrogen-bond donors (Lipinski definition) is 0. The van der Waals surface area contributed by atoms with E-state index in [1.165, 1.54) is 12.0 Å². The second-order valence-corrected chi connectivity index (χ2v) is 4.34. The van der Waals surface area contributed by atoms with E-state index in [2.05, 4.69) is 9.97 Å². The fraction of sp³-hybridized carbons (Fsp3) is 0.167. The Morgan fingerprint density at radius 2 is 1.94 bits per heavy atom. The average molecular weight is 283 g/mol. The molecule has 0 saturated carbocycles. The molecular formula is C12H11ClN2O2S. The monoisotopic (exact) mass is 282 g/mol. The van der Waals surface area contributed by atoms with E-state index in [4.69, 9.17) is 20.5 Å². The molecule has 0 aliphatic rings. The van der Waals surface area contributed by atoms with Crippen LogP contribution in [0.5, 0.6) is 11.6 Å². The number of benzene rings is 1. The van der Waals surface area contributed by atoms with E-state index in [0.717, 1.165) is 5.69 Å². The zero-order chi connectivity index (χ0) is 12.8. The Bertz CT molecular complexity index is 490. The molecule has 1 heterocycles. The summed E-state index contributed by atoms with van der Waals surface area (Å²) in [5.41, 5.74) is 0.757. The number of nitrogens with zero attached hydrogens (tertiary/aromatic N) is 2. The summed E-state index contributed by atoms with van der Waals surface area (Å²) in [6.45, 7) is 0.426. The first kappa shape index (κ1) is 13.1. The molecule has 2 rings (SSSR count). The second kappa shape index (κ2) is 6.58. The molecule has 0 atom stereocenters. The van der Waals surface area contributed by atoms with Gasteiger partial charge in [-0.05, 0) is 36.3 Å². The van der Waals surface area contributed by atoms with Gasteiger partial charge in [0, 0.05) is 11.3 Å². The first-order chi connectivity index (χ1) is 8.78. The van der Waals surface area contributed by atoms with E-state index < -0.39 is 0 Å². The molecule has 0 unspecified atom stereocenters. The standard InChI is InChI=1S/C12H11ClN2O2S/c1-18-16-8-10-6-15-12(7-14-10)17-11-4-2-9(13)3-5-11/h2-7H,8H2,1H3. The maximum Gasteiger partial charge on any atom is 0.237 e. The van der Waals surface area contributed by atoms with E-state index in [-0.39, 0.29) is 0 Å². The van der Waals surface area contributed by atoms with Crippen LogP contribution in [0.25, 0.3) is 0 Å². The van der Waals surface area contributed by atoms with Gasteiger partial charge in [0.15, 0.2) is 0 Å². The minimum Gasteiger partial charge on any atom is -0.438 e. The van der Waals surface area contributed by atoms with Crippen molar-refractivity contribution in [3.63, 3.8) is 0 Å². The summed E-state index contributed by atoms with van der Waals surface area (Å²) in [6.07, 6.45) is 5.04. The Hall–Kier alpha value is -1.30. The third-order valence-corrected chi connectivity index (χ3v) is 2.65. The number of hydrogen-bond acceptors (Lipinski definition) is 5. The summed E-state index contributed by atoms with van der Waals surface area (Å²) < 4.78 is 10.7. The van der Waals surface area contributed by atoms with E-state index >= 15 is 0 Å². The van der Waals surface area contributed by atoms with Crippen molar-refractivity contribution in [3.05, 3.63) is 47.4 Å². The van der Waals surface area contributed by atoms with Crippen LogP contribution in [0.4, 0.5) is 0 Å². The molecule has 0 spiro atoms. The Balaban J connectivity index is 1.99. The van der Waals surface area contributed by atoms with Crippen LogP contribution in [-0.2, 0) is 10.8 Å². The van der Waals surface area contributed by atoms with E-state index in [9.17, 15) is 0 Å². The number of halogens is 1. The maximum atomic E-state index is 5.78. The van der Waals surface area contributed by atoms with Crippen molar-refractivity contribution in [2.24, 2.45) is 0 Å². The van der Waals surface area contributed by atoms with Gasteiger partial charge in [-0.1, -0.05) is 11.6 Å². The van der Waals surface area contributed by atoms with Gasteiger partial charge >= 0.3 is 0 Å². The van der Waals surface area contributed by atoms with E-state index in [0.29, 0.717) is 23.3 Å². The zero-order valence-electron chi connectivity index (χ0n) is 9.67. The maximum absolute atomic E-state index is 5.78. The first-order valence-electron chi connectivity index (χ1n) is 5.18. The third kappa shape index (κ3) is 3.87. The summed E-state index contributed by atoms with van der Waals surface area (Å²) in [5.74, 6) is 1.10.